The molecule has 0 bridgehead atoms. The molecule has 230 valence electrons. The Morgan fingerprint density at radius 3 is 1.70 bits per heavy atom. The monoisotopic (exact) mass is 594 g/mol. The highest BCUT2D eigenvalue weighted by Crippen LogP contribution is 2.34. The summed E-state index contributed by atoms with van der Waals surface area (Å²) < 4.78 is 16.8. The minimum absolute atomic E-state index is 0.0887. The number of phenolic OH excluding ortho intramolecular Hbond substituents is 2. The lowest BCUT2D eigenvalue weighted by atomic mass is 9.84. The van der Waals surface area contributed by atoms with Crippen molar-refractivity contribution in [2.24, 2.45) is 0 Å². The number of carbonyl (C=O) groups is 1. The maximum atomic E-state index is 12.8. The van der Waals surface area contributed by atoms with Gasteiger partial charge in [0.25, 0.3) is 0 Å². The molecule has 6 nitrogen and oxygen atoms in total. The van der Waals surface area contributed by atoms with Crippen LogP contribution in [-0.2, 0) is 0 Å². The Morgan fingerprint density at radius 2 is 1.14 bits per heavy atom. The first-order chi connectivity index (χ1) is 21.5. The number of rotatable bonds is 14. The Balaban J connectivity index is 0.978. The number of benzene rings is 4. The van der Waals surface area contributed by atoms with E-state index in [2.05, 4.69) is 36.4 Å². The number of ketones is 1. The summed E-state index contributed by atoms with van der Waals surface area (Å²) in [5, 5.41) is 20.6. The van der Waals surface area contributed by atoms with Gasteiger partial charge in [0, 0.05) is 12.1 Å². The number of ether oxygens (including phenoxy) is 3. The average Bonchev–Trinajstić information content (AvgIpc) is 3.06. The van der Waals surface area contributed by atoms with Crippen LogP contribution in [0, 0.1) is 0 Å². The number of hydrogen-bond donors (Lipinski definition) is 2. The van der Waals surface area contributed by atoms with Crippen molar-refractivity contribution in [3.63, 3.8) is 0 Å². The molecule has 44 heavy (non-hydrogen) atoms. The van der Waals surface area contributed by atoms with E-state index in [-0.39, 0.29) is 22.6 Å². The molecule has 0 amide bonds. The fourth-order valence-electron chi connectivity index (χ4n) is 5.83. The maximum absolute atomic E-state index is 12.8. The molecule has 1 saturated carbocycles. The number of hydrogen-bond acceptors (Lipinski definition) is 6. The van der Waals surface area contributed by atoms with Crippen LogP contribution in [0.5, 0.6) is 28.7 Å². The van der Waals surface area contributed by atoms with Crippen molar-refractivity contribution in [3.8, 4) is 39.9 Å². The molecule has 0 aromatic heterocycles. The summed E-state index contributed by atoms with van der Waals surface area (Å²) in [6, 6.07) is 26.5. The molecule has 0 aliphatic heterocycles. The molecule has 0 radical (unpaired) electrons. The molecule has 1 fully saturated rings. The van der Waals surface area contributed by atoms with Crippen molar-refractivity contribution in [1.29, 1.82) is 0 Å². The minimum atomic E-state index is -0.480. The first kappa shape index (κ1) is 31.0. The summed E-state index contributed by atoms with van der Waals surface area (Å²) in [6.45, 7) is 1.18. The van der Waals surface area contributed by atoms with Gasteiger partial charge in [0.2, 0.25) is 0 Å². The Kier molecular flexibility index (Phi) is 10.8. The van der Waals surface area contributed by atoms with E-state index in [1.165, 1.54) is 80.2 Å². The van der Waals surface area contributed by atoms with Crippen molar-refractivity contribution in [2.45, 2.75) is 63.7 Å². The summed E-state index contributed by atoms with van der Waals surface area (Å²) in [4.78, 5) is 12.8. The molecular formula is C38H42O6. The van der Waals surface area contributed by atoms with Gasteiger partial charge in [0.1, 0.15) is 28.7 Å². The Bertz CT molecular complexity index is 1500. The zero-order chi connectivity index (χ0) is 30.7. The van der Waals surface area contributed by atoms with Gasteiger partial charge in [-0.2, -0.15) is 0 Å². The first-order valence-corrected chi connectivity index (χ1v) is 15.7. The zero-order valence-electron chi connectivity index (χ0n) is 25.5. The van der Waals surface area contributed by atoms with E-state index >= 15 is 0 Å². The van der Waals surface area contributed by atoms with Gasteiger partial charge in [-0.05, 0) is 97.5 Å². The second kappa shape index (κ2) is 15.3. The molecule has 0 saturated heterocycles. The summed E-state index contributed by atoms with van der Waals surface area (Å²) in [5.41, 5.74) is 4.11. The number of carbonyl (C=O) groups excluding carboxylic acids is 1. The predicted molar refractivity (Wildman–Crippen MR) is 173 cm³/mol. The van der Waals surface area contributed by atoms with Gasteiger partial charge in [-0.25, -0.2) is 0 Å². The van der Waals surface area contributed by atoms with Crippen molar-refractivity contribution in [2.75, 3.05) is 20.3 Å². The molecule has 0 spiro atoms. The van der Waals surface area contributed by atoms with E-state index in [0.29, 0.717) is 24.7 Å². The van der Waals surface area contributed by atoms with Gasteiger partial charge >= 0.3 is 0 Å². The van der Waals surface area contributed by atoms with Gasteiger partial charge in [-0.15, -0.1) is 0 Å². The molecule has 1 aliphatic rings. The van der Waals surface area contributed by atoms with Crippen molar-refractivity contribution >= 4 is 5.78 Å². The zero-order valence-corrected chi connectivity index (χ0v) is 25.5. The second-order valence-electron chi connectivity index (χ2n) is 11.5. The Labute approximate surface area is 260 Å². The summed E-state index contributed by atoms with van der Waals surface area (Å²) in [7, 11) is 1.48. The fraction of sp³-hybridized carbons (Fsp3) is 0.342. The molecule has 0 unspecified atom stereocenters. The van der Waals surface area contributed by atoms with Gasteiger partial charge in [-0.1, -0.05) is 55.7 Å². The lowest BCUT2D eigenvalue weighted by Gasteiger charge is -2.22. The minimum Gasteiger partial charge on any atom is -0.507 e. The molecule has 6 heteroatoms. The number of aromatic hydroxyl groups is 2. The quantitative estimate of drug-likeness (QED) is 0.112. The van der Waals surface area contributed by atoms with Gasteiger partial charge in [0.05, 0.1) is 31.5 Å². The fourth-order valence-corrected chi connectivity index (χ4v) is 5.83. The predicted octanol–water partition coefficient (Wildman–Crippen LogP) is 9.07. The standard InChI is InChI=1S/C38H42O6/c1-42-32-19-21-34(36(39)25-32)38(41)35-22-20-33(26-37(35)40)44-24-8-3-2-7-23-43-31-17-15-30(16-18-31)29-13-11-28(12-14-29)27-9-5-4-6-10-27/h11-22,25-27,39-40H,2-10,23-24H2,1H3. The molecule has 2 N–H and O–H groups in total. The van der Waals surface area contributed by atoms with Crippen LogP contribution in [0.3, 0.4) is 0 Å². The van der Waals surface area contributed by atoms with E-state index in [4.69, 9.17) is 14.2 Å². The normalized spacial score (nSPS) is 13.4. The Morgan fingerprint density at radius 1 is 0.636 bits per heavy atom. The summed E-state index contributed by atoms with van der Waals surface area (Å²) in [6.07, 6.45) is 10.6. The smallest absolute Gasteiger partial charge is 0.200 e. The molecule has 1 aliphatic carbocycles. The third-order valence-corrected chi connectivity index (χ3v) is 8.41. The van der Waals surface area contributed by atoms with Crippen LogP contribution in [0.1, 0.15) is 85.2 Å². The highest BCUT2D eigenvalue weighted by atomic mass is 16.5. The van der Waals surface area contributed by atoms with E-state index in [1.54, 1.807) is 12.1 Å². The van der Waals surface area contributed by atoms with Crippen molar-refractivity contribution < 1.29 is 29.2 Å². The Hall–Kier alpha value is -4.45. The van der Waals surface area contributed by atoms with E-state index in [1.807, 2.05) is 12.1 Å². The van der Waals surface area contributed by atoms with Gasteiger partial charge < -0.3 is 24.4 Å². The summed E-state index contributed by atoms with van der Waals surface area (Å²) >= 11 is 0. The molecule has 0 atom stereocenters. The molecule has 4 aromatic carbocycles. The lowest BCUT2D eigenvalue weighted by molar-refractivity contribution is 0.103. The largest absolute Gasteiger partial charge is 0.507 e. The van der Waals surface area contributed by atoms with Crippen molar-refractivity contribution in [3.05, 3.63) is 102 Å². The van der Waals surface area contributed by atoms with Crippen LogP contribution >= 0.6 is 0 Å². The van der Waals surface area contributed by atoms with Crippen LogP contribution in [0.4, 0.5) is 0 Å². The van der Waals surface area contributed by atoms with Crippen LogP contribution < -0.4 is 14.2 Å². The highest BCUT2D eigenvalue weighted by Gasteiger charge is 2.18. The van der Waals surface area contributed by atoms with E-state index < -0.39 is 5.78 Å². The molecule has 0 heterocycles. The van der Waals surface area contributed by atoms with Crippen LogP contribution in [0.25, 0.3) is 11.1 Å². The molecular weight excluding hydrogens is 552 g/mol. The number of unbranched alkanes of at least 4 members (excludes halogenated alkanes) is 3. The summed E-state index contributed by atoms with van der Waals surface area (Å²) in [5.74, 6) is 1.67. The topological polar surface area (TPSA) is 85.2 Å². The number of phenols is 2. The van der Waals surface area contributed by atoms with E-state index in [9.17, 15) is 15.0 Å². The van der Waals surface area contributed by atoms with Crippen LogP contribution in [0.2, 0.25) is 0 Å². The van der Waals surface area contributed by atoms with Crippen LogP contribution in [0.15, 0.2) is 84.9 Å². The van der Waals surface area contributed by atoms with E-state index in [0.717, 1.165) is 37.4 Å². The average molecular weight is 595 g/mol. The highest BCUT2D eigenvalue weighted by molar-refractivity contribution is 6.12. The lowest BCUT2D eigenvalue weighted by Crippen LogP contribution is -2.04. The van der Waals surface area contributed by atoms with Gasteiger partial charge in [0.15, 0.2) is 5.78 Å². The third-order valence-electron chi connectivity index (χ3n) is 8.41. The van der Waals surface area contributed by atoms with Crippen LogP contribution in [-0.4, -0.2) is 36.3 Å². The first-order valence-electron chi connectivity index (χ1n) is 15.7. The number of methoxy groups -OCH3 is 1. The third kappa shape index (κ3) is 8.13. The maximum Gasteiger partial charge on any atom is 0.200 e. The second-order valence-corrected chi connectivity index (χ2v) is 11.5. The molecule has 4 aromatic rings. The van der Waals surface area contributed by atoms with Crippen molar-refractivity contribution in [1.82, 2.24) is 0 Å². The molecule has 5 rings (SSSR count). The SMILES string of the molecule is COc1ccc(C(=O)c2ccc(OCCCCCCOc3ccc(-c4ccc(C5CCCCC5)cc4)cc3)cc2O)c(O)c1. The van der Waals surface area contributed by atoms with Gasteiger partial charge in [-0.3, -0.25) is 4.79 Å².